The number of carbonyl (C=O) groups excluding carboxylic acids is 1. The maximum Gasteiger partial charge on any atom is 0.255 e. The molecule has 7 heteroatoms. The lowest BCUT2D eigenvalue weighted by atomic mass is 9.96. The first-order valence-corrected chi connectivity index (χ1v) is 12.1. The van der Waals surface area contributed by atoms with Gasteiger partial charge in [-0.05, 0) is 55.0 Å². The Kier molecular flexibility index (Phi) is 6.11. The smallest absolute Gasteiger partial charge is 0.255 e. The molecule has 0 saturated heterocycles. The van der Waals surface area contributed by atoms with Crippen LogP contribution in [0.1, 0.15) is 66.1 Å². The minimum absolute atomic E-state index is 0.0434. The fraction of sp³-hybridized carbons (Fsp3) is 0.435. The zero-order chi connectivity index (χ0) is 21.1. The molecule has 4 rings (SSSR count). The third-order valence-corrected chi connectivity index (χ3v) is 7.61. The van der Waals surface area contributed by atoms with Crippen molar-refractivity contribution in [2.45, 2.75) is 61.9 Å². The Bertz CT molecular complexity index is 1030. The van der Waals surface area contributed by atoms with Crippen molar-refractivity contribution in [3.63, 3.8) is 0 Å². The van der Waals surface area contributed by atoms with Crippen molar-refractivity contribution in [1.29, 1.82) is 0 Å². The van der Waals surface area contributed by atoms with Crippen LogP contribution < -0.4 is 14.8 Å². The molecule has 0 aromatic heterocycles. The van der Waals surface area contributed by atoms with Crippen LogP contribution in [0.2, 0.25) is 0 Å². The van der Waals surface area contributed by atoms with E-state index in [1.807, 2.05) is 18.2 Å². The maximum absolute atomic E-state index is 13.1. The first-order chi connectivity index (χ1) is 14.5. The summed E-state index contributed by atoms with van der Waals surface area (Å²) in [5.41, 5.74) is 2.59. The summed E-state index contributed by atoms with van der Waals surface area (Å²) < 4.78 is 33.9. The topological polar surface area (TPSA) is 84.5 Å². The van der Waals surface area contributed by atoms with E-state index in [1.54, 1.807) is 6.07 Å². The average Bonchev–Trinajstić information content (AvgIpc) is 3.16. The molecule has 2 N–H and O–H groups in total. The van der Waals surface area contributed by atoms with Gasteiger partial charge in [0.15, 0.2) is 0 Å². The number of fused-ring (bicyclic) bond motifs is 1. The van der Waals surface area contributed by atoms with E-state index in [4.69, 9.17) is 4.74 Å². The largest absolute Gasteiger partial charge is 0.496 e. The second-order valence-corrected chi connectivity index (χ2v) is 9.80. The quantitative estimate of drug-likeness (QED) is 0.734. The van der Waals surface area contributed by atoms with Gasteiger partial charge in [0.1, 0.15) is 5.75 Å². The van der Waals surface area contributed by atoms with E-state index in [-0.39, 0.29) is 28.4 Å². The first-order valence-electron chi connectivity index (χ1n) is 10.6. The zero-order valence-corrected chi connectivity index (χ0v) is 18.0. The molecule has 0 radical (unpaired) electrons. The molecule has 160 valence electrons. The van der Waals surface area contributed by atoms with Crippen molar-refractivity contribution in [3.8, 4) is 5.75 Å². The molecule has 0 aliphatic heterocycles. The highest BCUT2D eigenvalue weighted by atomic mass is 32.2. The van der Waals surface area contributed by atoms with Crippen LogP contribution in [0, 0.1) is 0 Å². The SMILES string of the molecule is COc1ccc(S(=O)(=O)NC2CCCCC2)cc1C(=O)NC1CCc2ccccc21. The van der Waals surface area contributed by atoms with Gasteiger partial charge in [-0.2, -0.15) is 0 Å². The van der Waals surface area contributed by atoms with Gasteiger partial charge in [-0.25, -0.2) is 13.1 Å². The number of sulfonamides is 1. The first kappa shape index (κ1) is 20.9. The Balaban J connectivity index is 1.56. The van der Waals surface area contributed by atoms with E-state index in [2.05, 4.69) is 16.1 Å². The number of hydrogen-bond acceptors (Lipinski definition) is 4. The van der Waals surface area contributed by atoms with Gasteiger partial charge in [-0.3, -0.25) is 4.79 Å². The van der Waals surface area contributed by atoms with Crippen molar-refractivity contribution < 1.29 is 17.9 Å². The summed E-state index contributed by atoms with van der Waals surface area (Å²) in [4.78, 5) is 13.1. The minimum atomic E-state index is -3.70. The van der Waals surface area contributed by atoms with Crippen molar-refractivity contribution in [3.05, 3.63) is 59.2 Å². The molecule has 1 amide bonds. The Labute approximate surface area is 178 Å². The summed E-state index contributed by atoms with van der Waals surface area (Å²) in [5.74, 6) is 0.0265. The summed E-state index contributed by atoms with van der Waals surface area (Å²) in [7, 11) is -2.22. The summed E-state index contributed by atoms with van der Waals surface area (Å²) in [5, 5.41) is 3.05. The monoisotopic (exact) mass is 428 g/mol. The van der Waals surface area contributed by atoms with Gasteiger partial charge in [0.05, 0.1) is 23.6 Å². The molecule has 0 bridgehead atoms. The van der Waals surface area contributed by atoms with E-state index in [0.29, 0.717) is 5.75 Å². The summed E-state index contributed by atoms with van der Waals surface area (Å²) in [6.07, 6.45) is 6.66. The van der Waals surface area contributed by atoms with Crippen LogP contribution >= 0.6 is 0 Å². The number of ether oxygens (including phenoxy) is 1. The van der Waals surface area contributed by atoms with Gasteiger partial charge < -0.3 is 10.1 Å². The molecule has 2 aliphatic carbocycles. The van der Waals surface area contributed by atoms with Crippen molar-refractivity contribution in [1.82, 2.24) is 10.0 Å². The molecule has 2 aromatic carbocycles. The van der Waals surface area contributed by atoms with Crippen molar-refractivity contribution in [2.24, 2.45) is 0 Å². The number of aryl methyl sites for hydroxylation is 1. The van der Waals surface area contributed by atoms with E-state index < -0.39 is 10.0 Å². The Hall–Kier alpha value is -2.38. The Morgan fingerprint density at radius 3 is 2.57 bits per heavy atom. The molecule has 30 heavy (non-hydrogen) atoms. The molecule has 1 atom stereocenters. The number of nitrogens with one attached hydrogen (secondary N) is 2. The number of amides is 1. The van der Waals surface area contributed by atoms with E-state index in [1.165, 1.54) is 24.8 Å². The lowest BCUT2D eigenvalue weighted by Crippen LogP contribution is -2.36. The third kappa shape index (κ3) is 4.37. The summed E-state index contributed by atoms with van der Waals surface area (Å²) in [6, 6.07) is 12.4. The molecule has 2 aromatic rings. The summed E-state index contributed by atoms with van der Waals surface area (Å²) >= 11 is 0. The number of benzene rings is 2. The zero-order valence-electron chi connectivity index (χ0n) is 17.2. The second kappa shape index (κ2) is 8.78. The molecule has 1 saturated carbocycles. The lowest BCUT2D eigenvalue weighted by Gasteiger charge is -2.23. The van der Waals surface area contributed by atoms with Crippen LogP contribution in [-0.2, 0) is 16.4 Å². The van der Waals surface area contributed by atoms with Gasteiger partial charge >= 0.3 is 0 Å². The van der Waals surface area contributed by atoms with E-state index in [9.17, 15) is 13.2 Å². The average molecular weight is 429 g/mol. The van der Waals surface area contributed by atoms with Gasteiger partial charge in [0.2, 0.25) is 10.0 Å². The van der Waals surface area contributed by atoms with Gasteiger partial charge in [0.25, 0.3) is 5.91 Å². The molecular formula is C23H28N2O4S. The fourth-order valence-corrected chi connectivity index (χ4v) is 5.81. The molecule has 0 spiro atoms. The van der Waals surface area contributed by atoms with Gasteiger partial charge in [-0.15, -0.1) is 0 Å². The Morgan fingerprint density at radius 1 is 1.03 bits per heavy atom. The van der Waals surface area contributed by atoms with E-state index >= 15 is 0 Å². The van der Waals surface area contributed by atoms with Gasteiger partial charge in [0, 0.05) is 6.04 Å². The molecular weight excluding hydrogens is 400 g/mol. The van der Waals surface area contributed by atoms with Crippen LogP contribution in [0.5, 0.6) is 5.75 Å². The highest BCUT2D eigenvalue weighted by molar-refractivity contribution is 7.89. The minimum Gasteiger partial charge on any atom is -0.496 e. The van der Waals surface area contributed by atoms with Crippen molar-refractivity contribution in [2.75, 3.05) is 7.11 Å². The van der Waals surface area contributed by atoms with Crippen LogP contribution in [0.3, 0.4) is 0 Å². The standard InChI is InChI=1S/C23H28N2O4S/c1-29-22-14-12-18(30(27,28)25-17-8-3-2-4-9-17)15-20(22)23(26)24-21-13-11-16-7-5-6-10-19(16)21/h5-7,10,12,14-15,17,21,25H,2-4,8-9,11,13H2,1H3,(H,24,26). The number of rotatable bonds is 6. The normalized spacial score (nSPS) is 19.3. The number of hydrogen-bond donors (Lipinski definition) is 2. The lowest BCUT2D eigenvalue weighted by molar-refractivity contribution is 0.0933. The fourth-order valence-electron chi connectivity index (χ4n) is 4.48. The van der Waals surface area contributed by atoms with Crippen LogP contribution in [0.15, 0.2) is 47.4 Å². The number of methoxy groups -OCH3 is 1. The molecule has 1 fully saturated rings. The van der Waals surface area contributed by atoms with Crippen LogP contribution in [0.25, 0.3) is 0 Å². The summed E-state index contributed by atoms with van der Waals surface area (Å²) in [6.45, 7) is 0. The highest BCUT2D eigenvalue weighted by Gasteiger charge is 2.27. The molecule has 0 heterocycles. The van der Waals surface area contributed by atoms with Gasteiger partial charge in [-0.1, -0.05) is 43.5 Å². The van der Waals surface area contributed by atoms with Crippen molar-refractivity contribution >= 4 is 15.9 Å². The van der Waals surface area contributed by atoms with Crippen LogP contribution in [0.4, 0.5) is 0 Å². The second-order valence-electron chi connectivity index (χ2n) is 8.08. The number of carbonyl (C=O) groups is 1. The van der Waals surface area contributed by atoms with E-state index in [0.717, 1.165) is 50.5 Å². The third-order valence-electron chi connectivity index (χ3n) is 6.09. The van der Waals surface area contributed by atoms with Crippen LogP contribution in [-0.4, -0.2) is 27.5 Å². The Morgan fingerprint density at radius 2 is 1.80 bits per heavy atom. The predicted molar refractivity (Wildman–Crippen MR) is 115 cm³/mol. The predicted octanol–water partition coefficient (Wildman–Crippen LogP) is 3.72. The molecule has 2 aliphatic rings. The maximum atomic E-state index is 13.1. The highest BCUT2D eigenvalue weighted by Crippen LogP contribution is 2.32. The molecule has 6 nitrogen and oxygen atoms in total. The molecule has 1 unspecified atom stereocenters.